The molecule has 1 heterocycles. The van der Waals surface area contributed by atoms with Crippen molar-refractivity contribution in [3.8, 4) is 0 Å². The number of benzene rings is 1. The monoisotopic (exact) mass is 262 g/mol. The average molecular weight is 262 g/mol. The van der Waals surface area contributed by atoms with E-state index in [1.54, 1.807) is 0 Å². The van der Waals surface area contributed by atoms with Gasteiger partial charge in [0.1, 0.15) is 0 Å². The number of hydrogen-bond donors (Lipinski definition) is 0. The summed E-state index contributed by atoms with van der Waals surface area (Å²) in [5.41, 5.74) is 1.34. The van der Waals surface area contributed by atoms with Crippen LogP contribution in [0.15, 0.2) is 30.3 Å². The highest BCUT2D eigenvalue weighted by molar-refractivity contribution is 5.55. The molecular formula is C15H22N2O2. The van der Waals surface area contributed by atoms with Gasteiger partial charge in [0, 0.05) is 39.3 Å². The van der Waals surface area contributed by atoms with E-state index in [-0.39, 0.29) is 6.23 Å². The Balaban J connectivity index is 1.80. The standard InChI is InChI=1S/C15H22N2O2/c1-2-19-15(13-18)17-10-8-16(9-11-17)12-14-6-4-3-5-7-14/h3-7,13,15H,2,8-12H2,1H3. The first-order chi connectivity index (χ1) is 9.33. The molecule has 1 aromatic rings. The Hall–Kier alpha value is -1.23. The molecule has 4 nitrogen and oxygen atoms in total. The zero-order valence-electron chi connectivity index (χ0n) is 11.5. The van der Waals surface area contributed by atoms with Gasteiger partial charge in [-0.25, -0.2) is 0 Å². The predicted octanol–water partition coefficient (Wildman–Crippen LogP) is 1.37. The van der Waals surface area contributed by atoms with Gasteiger partial charge < -0.3 is 4.74 Å². The van der Waals surface area contributed by atoms with Crippen LogP contribution in [0.1, 0.15) is 12.5 Å². The number of hydrogen-bond acceptors (Lipinski definition) is 4. The van der Waals surface area contributed by atoms with Gasteiger partial charge in [-0.1, -0.05) is 30.3 Å². The largest absolute Gasteiger partial charge is 0.356 e. The topological polar surface area (TPSA) is 32.8 Å². The molecule has 0 N–H and O–H groups in total. The van der Waals surface area contributed by atoms with Crippen molar-refractivity contribution in [3.63, 3.8) is 0 Å². The molecule has 1 fully saturated rings. The van der Waals surface area contributed by atoms with Gasteiger partial charge in [-0.3, -0.25) is 14.6 Å². The summed E-state index contributed by atoms with van der Waals surface area (Å²) in [6.07, 6.45) is 0.528. The molecule has 0 radical (unpaired) electrons. The Labute approximate surface area is 115 Å². The SMILES string of the molecule is CCOC(C=O)N1CCN(Cc2ccccc2)CC1. The third-order valence-corrected chi connectivity index (χ3v) is 3.47. The fourth-order valence-corrected chi connectivity index (χ4v) is 2.42. The van der Waals surface area contributed by atoms with Crippen molar-refractivity contribution in [2.45, 2.75) is 19.7 Å². The van der Waals surface area contributed by atoms with Crippen molar-refractivity contribution in [1.82, 2.24) is 9.80 Å². The first kappa shape index (κ1) is 14.2. The Morgan fingerprint density at radius 3 is 2.47 bits per heavy atom. The summed E-state index contributed by atoms with van der Waals surface area (Å²) in [4.78, 5) is 15.5. The van der Waals surface area contributed by atoms with E-state index in [0.717, 1.165) is 39.0 Å². The molecule has 0 saturated carbocycles. The zero-order valence-corrected chi connectivity index (χ0v) is 11.5. The summed E-state index contributed by atoms with van der Waals surface area (Å²) in [5.74, 6) is 0. The van der Waals surface area contributed by atoms with Crippen LogP contribution in [0, 0.1) is 0 Å². The number of carbonyl (C=O) groups is 1. The second kappa shape index (κ2) is 7.38. The number of rotatable bonds is 6. The van der Waals surface area contributed by atoms with Crippen LogP contribution < -0.4 is 0 Å². The minimum Gasteiger partial charge on any atom is -0.356 e. The molecular weight excluding hydrogens is 240 g/mol. The van der Waals surface area contributed by atoms with Gasteiger partial charge in [0.05, 0.1) is 0 Å². The van der Waals surface area contributed by atoms with Crippen LogP contribution in [0.3, 0.4) is 0 Å². The third kappa shape index (κ3) is 4.13. The van der Waals surface area contributed by atoms with Crippen molar-refractivity contribution in [2.75, 3.05) is 32.8 Å². The lowest BCUT2D eigenvalue weighted by atomic mass is 10.2. The van der Waals surface area contributed by atoms with Crippen LogP contribution in [-0.4, -0.2) is 55.1 Å². The summed E-state index contributed by atoms with van der Waals surface area (Å²) in [6.45, 7) is 7.20. The molecule has 0 spiro atoms. The van der Waals surface area contributed by atoms with E-state index in [1.807, 2.05) is 13.0 Å². The first-order valence-corrected chi connectivity index (χ1v) is 6.90. The minimum atomic E-state index is -0.371. The molecule has 1 aliphatic rings. The van der Waals surface area contributed by atoms with Crippen LogP contribution in [0.25, 0.3) is 0 Å². The number of ether oxygens (including phenoxy) is 1. The van der Waals surface area contributed by atoms with Crippen molar-refractivity contribution >= 4 is 6.29 Å². The van der Waals surface area contributed by atoms with E-state index in [9.17, 15) is 4.79 Å². The van der Waals surface area contributed by atoms with E-state index in [2.05, 4.69) is 34.1 Å². The fourth-order valence-electron chi connectivity index (χ4n) is 2.42. The highest BCUT2D eigenvalue weighted by atomic mass is 16.5. The van der Waals surface area contributed by atoms with Gasteiger partial charge in [-0.05, 0) is 12.5 Å². The smallest absolute Gasteiger partial charge is 0.167 e. The summed E-state index contributed by atoms with van der Waals surface area (Å²) >= 11 is 0. The Morgan fingerprint density at radius 2 is 1.89 bits per heavy atom. The Kier molecular flexibility index (Phi) is 5.51. The maximum absolute atomic E-state index is 11.0. The molecule has 19 heavy (non-hydrogen) atoms. The average Bonchev–Trinajstić information content (AvgIpc) is 2.47. The van der Waals surface area contributed by atoms with Gasteiger partial charge in [-0.15, -0.1) is 0 Å². The molecule has 1 aliphatic heterocycles. The molecule has 1 aromatic carbocycles. The van der Waals surface area contributed by atoms with Crippen LogP contribution >= 0.6 is 0 Å². The van der Waals surface area contributed by atoms with Gasteiger partial charge in [0.2, 0.25) is 0 Å². The molecule has 0 amide bonds. The number of carbonyl (C=O) groups excluding carboxylic acids is 1. The third-order valence-electron chi connectivity index (χ3n) is 3.47. The van der Waals surface area contributed by atoms with Gasteiger partial charge in [0.15, 0.2) is 12.5 Å². The van der Waals surface area contributed by atoms with Gasteiger partial charge in [-0.2, -0.15) is 0 Å². The summed E-state index contributed by atoms with van der Waals surface area (Å²) < 4.78 is 5.42. The molecule has 1 saturated heterocycles. The maximum atomic E-state index is 11.0. The lowest BCUT2D eigenvalue weighted by Gasteiger charge is -2.37. The quantitative estimate of drug-likeness (QED) is 0.725. The lowest BCUT2D eigenvalue weighted by molar-refractivity contribution is -0.133. The number of piperazine rings is 1. The summed E-state index contributed by atoms with van der Waals surface area (Å²) in [7, 11) is 0. The molecule has 104 valence electrons. The highest BCUT2D eigenvalue weighted by Gasteiger charge is 2.23. The van der Waals surface area contributed by atoms with Crippen LogP contribution in [0.5, 0.6) is 0 Å². The number of aldehydes is 1. The normalized spacial score (nSPS) is 19.2. The van der Waals surface area contributed by atoms with E-state index < -0.39 is 0 Å². The van der Waals surface area contributed by atoms with Crippen molar-refractivity contribution in [1.29, 1.82) is 0 Å². The second-order valence-electron chi connectivity index (χ2n) is 4.78. The second-order valence-corrected chi connectivity index (χ2v) is 4.78. The molecule has 0 aliphatic carbocycles. The van der Waals surface area contributed by atoms with Crippen LogP contribution in [0.4, 0.5) is 0 Å². The van der Waals surface area contributed by atoms with E-state index in [0.29, 0.717) is 6.61 Å². The van der Waals surface area contributed by atoms with Crippen molar-refractivity contribution in [3.05, 3.63) is 35.9 Å². The van der Waals surface area contributed by atoms with Gasteiger partial charge >= 0.3 is 0 Å². The molecule has 1 atom stereocenters. The molecule has 1 unspecified atom stereocenters. The van der Waals surface area contributed by atoms with E-state index in [4.69, 9.17) is 4.74 Å². The molecule has 0 aromatic heterocycles. The molecule has 4 heteroatoms. The lowest BCUT2D eigenvalue weighted by Crippen LogP contribution is -2.51. The first-order valence-electron chi connectivity index (χ1n) is 6.90. The predicted molar refractivity (Wildman–Crippen MR) is 74.8 cm³/mol. The summed E-state index contributed by atoms with van der Waals surface area (Å²) in [6, 6.07) is 10.5. The fraction of sp³-hybridized carbons (Fsp3) is 0.533. The van der Waals surface area contributed by atoms with E-state index >= 15 is 0 Å². The van der Waals surface area contributed by atoms with Crippen molar-refractivity contribution < 1.29 is 9.53 Å². The van der Waals surface area contributed by atoms with Crippen molar-refractivity contribution in [2.24, 2.45) is 0 Å². The molecule has 2 rings (SSSR count). The number of nitrogens with zero attached hydrogens (tertiary/aromatic N) is 2. The zero-order chi connectivity index (χ0) is 13.5. The van der Waals surface area contributed by atoms with Crippen LogP contribution in [-0.2, 0) is 16.1 Å². The summed E-state index contributed by atoms with van der Waals surface area (Å²) in [5, 5.41) is 0. The van der Waals surface area contributed by atoms with Crippen LogP contribution in [0.2, 0.25) is 0 Å². The minimum absolute atomic E-state index is 0.371. The Morgan fingerprint density at radius 1 is 1.21 bits per heavy atom. The van der Waals surface area contributed by atoms with Gasteiger partial charge in [0.25, 0.3) is 0 Å². The Bertz CT molecular complexity index is 375. The molecule has 0 bridgehead atoms. The highest BCUT2D eigenvalue weighted by Crippen LogP contribution is 2.10. The maximum Gasteiger partial charge on any atom is 0.167 e. The van der Waals surface area contributed by atoms with E-state index in [1.165, 1.54) is 5.56 Å².